The van der Waals surface area contributed by atoms with Gasteiger partial charge in [0.25, 0.3) is 0 Å². The molecule has 0 bridgehead atoms. The number of carbonyl (C=O) groups excluding carboxylic acids is 1. The van der Waals surface area contributed by atoms with Crippen molar-refractivity contribution in [1.82, 2.24) is 19.7 Å². The first kappa shape index (κ1) is 17.1. The van der Waals surface area contributed by atoms with Crippen molar-refractivity contribution < 1.29 is 4.79 Å². The number of nitrogens with zero attached hydrogens (tertiary/aromatic N) is 4. The van der Waals surface area contributed by atoms with Crippen molar-refractivity contribution in [3.05, 3.63) is 46.4 Å². The molecule has 6 heteroatoms. The summed E-state index contributed by atoms with van der Waals surface area (Å²) in [5, 5.41) is 8.40. The maximum atomic E-state index is 12.3. The summed E-state index contributed by atoms with van der Waals surface area (Å²) < 4.78 is 1.81. The van der Waals surface area contributed by atoms with Gasteiger partial charge in [-0.05, 0) is 62.9 Å². The van der Waals surface area contributed by atoms with E-state index in [4.69, 9.17) is 0 Å². The van der Waals surface area contributed by atoms with Gasteiger partial charge in [0, 0.05) is 30.7 Å². The quantitative estimate of drug-likeness (QED) is 0.793. The van der Waals surface area contributed by atoms with Crippen molar-refractivity contribution in [3.63, 3.8) is 0 Å². The molecule has 3 heterocycles. The van der Waals surface area contributed by atoms with Crippen LogP contribution in [-0.4, -0.2) is 25.7 Å². The fourth-order valence-electron chi connectivity index (χ4n) is 3.28. The van der Waals surface area contributed by atoms with Crippen LogP contribution in [0.15, 0.2) is 18.3 Å². The summed E-state index contributed by atoms with van der Waals surface area (Å²) in [6.07, 6.45) is 2.73. The SMILES string of the molecule is Cc1ccnc(NC(=O)CCc2c(C)nc3c(c(C)nn3C)c2C)c1. The van der Waals surface area contributed by atoms with Gasteiger partial charge in [-0.2, -0.15) is 5.10 Å². The molecule has 6 nitrogen and oxygen atoms in total. The maximum absolute atomic E-state index is 12.3. The summed E-state index contributed by atoms with van der Waals surface area (Å²) in [6.45, 7) is 8.04. The molecule has 0 fully saturated rings. The number of aromatic nitrogens is 4. The monoisotopic (exact) mass is 337 g/mol. The van der Waals surface area contributed by atoms with Gasteiger partial charge in [-0.1, -0.05) is 0 Å². The predicted octanol–water partition coefficient (Wildman–Crippen LogP) is 3.17. The molecule has 0 atom stereocenters. The highest BCUT2D eigenvalue weighted by molar-refractivity contribution is 5.90. The highest BCUT2D eigenvalue weighted by Gasteiger charge is 2.16. The van der Waals surface area contributed by atoms with Gasteiger partial charge in [-0.15, -0.1) is 0 Å². The molecule has 0 spiro atoms. The zero-order valence-corrected chi connectivity index (χ0v) is 15.3. The smallest absolute Gasteiger partial charge is 0.225 e. The minimum atomic E-state index is -0.0418. The number of carbonyl (C=O) groups is 1. The van der Waals surface area contributed by atoms with Gasteiger partial charge in [0.1, 0.15) is 5.82 Å². The van der Waals surface area contributed by atoms with E-state index in [9.17, 15) is 4.79 Å². The van der Waals surface area contributed by atoms with E-state index in [1.165, 1.54) is 0 Å². The third kappa shape index (κ3) is 3.38. The van der Waals surface area contributed by atoms with E-state index < -0.39 is 0 Å². The van der Waals surface area contributed by atoms with Crippen LogP contribution < -0.4 is 5.32 Å². The molecule has 3 aromatic rings. The molecule has 0 aromatic carbocycles. The van der Waals surface area contributed by atoms with Crippen LogP contribution in [0.4, 0.5) is 5.82 Å². The molecule has 0 unspecified atom stereocenters. The van der Waals surface area contributed by atoms with Gasteiger partial charge in [0.15, 0.2) is 5.65 Å². The first-order chi connectivity index (χ1) is 11.9. The summed E-state index contributed by atoms with van der Waals surface area (Å²) in [7, 11) is 1.91. The number of anilines is 1. The van der Waals surface area contributed by atoms with Crippen molar-refractivity contribution in [2.45, 2.75) is 40.5 Å². The second kappa shape index (κ2) is 6.63. The molecule has 25 heavy (non-hydrogen) atoms. The minimum absolute atomic E-state index is 0.0418. The van der Waals surface area contributed by atoms with Crippen LogP contribution in [0.2, 0.25) is 0 Å². The normalized spacial score (nSPS) is 11.1. The lowest BCUT2D eigenvalue weighted by Gasteiger charge is -2.11. The van der Waals surface area contributed by atoms with E-state index in [0.29, 0.717) is 18.7 Å². The number of nitrogens with one attached hydrogen (secondary N) is 1. The summed E-state index contributed by atoms with van der Waals surface area (Å²) >= 11 is 0. The Morgan fingerprint density at radius 3 is 2.68 bits per heavy atom. The lowest BCUT2D eigenvalue weighted by molar-refractivity contribution is -0.116. The molecular formula is C19H23N5O. The number of amides is 1. The van der Waals surface area contributed by atoms with Crippen molar-refractivity contribution in [1.29, 1.82) is 0 Å². The largest absolute Gasteiger partial charge is 0.311 e. The molecule has 0 saturated heterocycles. The average molecular weight is 337 g/mol. The first-order valence-corrected chi connectivity index (χ1v) is 8.38. The van der Waals surface area contributed by atoms with Crippen LogP contribution in [0.1, 0.15) is 34.5 Å². The molecule has 3 rings (SSSR count). The summed E-state index contributed by atoms with van der Waals surface area (Å²) in [5.41, 5.74) is 6.17. The van der Waals surface area contributed by atoms with Gasteiger partial charge in [0.2, 0.25) is 5.91 Å². The number of pyridine rings is 2. The summed E-state index contributed by atoms with van der Waals surface area (Å²) in [5.74, 6) is 0.551. The fraction of sp³-hybridized carbons (Fsp3) is 0.368. The zero-order chi connectivity index (χ0) is 18.1. The topological polar surface area (TPSA) is 72.7 Å². The number of rotatable bonds is 4. The van der Waals surface area contributed by atoms with Crippen molar-refractivity contribution in [2.75, 3.05) is 5.32 Å². The van der Waals surface area contributed by atoms with Gasteiger partial charge < -0.3 is 5.32 Å². The molecule has 0 saturated carbocycles. The highest BCUT2D eigenvalue weighted by Crippen LogP contribution is 2.26. The van der Waals surface area contributed by atoms with Gasteiger partial charge in [-0.25, -0.2) is 9.97 Å². The Bertz CT molecular complexity index is 958. The Labute approximate surface area is 147 Å². The Morgan fingerprint density at radius 1 is 1.20 bits per heavy atom. The predicted molar refractivity (Wildman–Crippen MR) is 98.6 cm³/mol. The second-order valence-electron chi connectivity index (χ2n) is 6.47. The summed E-state index contributed by atoms with van der Waals surface area (Å²) in [6, 6.07) is 3.76. The van der Waals surface area contributed by atoms with E-state index in [2.05, 4.69) is 27.3 Å². The molecule has 0 aliphatic heterocycles. The Hall–Kier alpha value is -2.76. The number of hydrogen-bond acceptors (Lipinski definition) is 4. The van der Waals surface area contributed by atoms with E-state index in [1.54, 1.807) is 6.20 Å². The second-order valence-corrected chi connectivity index (χ2v) is 6.47. The molecule has 3 aromatic heterocycles. The third-order valence-corrected chi connectivity index (χ3v) is 4.51. The van der Waals surface area contributed by atoms with Crippen molar-refractivity contribution in [3.8, 4) is 0 Å². The Morgan fingerprint density at radius 2 is 1.96 bits per heavy atom. The molecule has 0 aliphatic rings. The van der Waals surface area contributed by atoms with Gasteiger partial charge >= 0.3 is 0 Å². The number of fused-ring (bicyclic) bond motifs is 1. The molecule has 1 amide bonds. The highest BCUT2D eigenvalue weighted by atomic mass is 16.1. The zero-order valence-electron chi connectivity index (χ0n) is 15.3. The fourth-order valence-corrected chi connectivity index (χ4v) is 3.28. The van der Waals surface area contributed by atoms with Crippen LogP contribution in [-0.2, 0) is 18.3 Å². The third-order valence-electron chi connectivity index (χ3n) is 4.51. The van der Waals surface area contributed by atoms with Gasteiger partial charge in [-0.3, -0.25) is 9.48 Å². The molecule has 1 N–H and O–H groups in total. The van der Waals surface area contributed by atoms with Crippen molar-refractivity contribution >= 4 is 22.8 Å². The van der Waals surface area contributed by atoms with E-state index >= 15 is 0 Å². The molecule has 0 aliphatic carbocycles. The van der Waals surface area contributed by atoms with Crippen LogP contribution in [0.5, 0.6) is 0 Å². The standard InChI is InChI=1S/C19H23N5O/c1-11-8-9-20-16(10-11)22-17(25)7-6-15-12(2)18-14(4)23-24(5)19(18)21-13(15)3/h8-10H,6-7H2,1-5H3,(H,20,22,25). The first-order valence-electron chi connectivity index (χ1n) is 8.38. The molecule has 0 radical (unpaired) electrons. The van der Waals surface area contributed by atoms with Gasteiger partial charge in [0.05, 0.1) is 5.69 Å². The Balaban J connectivity index is 1.79. The van der Waals surface area contributed by atoms with Crippen molar-refractivity contribution in [2.24, 2.45) is 7.05 Å². The minimum Gasteiger partial charge on any atom is -0.311 e. The average Bonchev–Trinajstić information content (AvgIpc) is 2.81. The van der Waals surface area contributed by atoms with E-state index in [0.717, 1.165) is 39.1 Å². The van der Waals surface area contributed by atoms with E-state index in [1.807, 2.05) is 44.6 Å². The lowest BCUT2D eigenvalue weighted by Crippen LogP contribution is -2.14. The van der Waals surface area contributed by atoms with Crippen LogP contribution in [0.25, 0.3) is 11.0 Å². The number of aryl methyl sites for hydroxylation is 5. The lowest BCUT2D eigenvalue weighted by atomic mass is 9.99. The van der Waals surface area contributed by atoms with Crippen LogP contribution in [0.3, 0.4) is 0 Å². The molecular weight excluding hydrogens is 314 g/mol. The Kier molecular flexibility index (Phi) is 4.53. The molecule has 130 valence electrons. The number of hydrogen-bond donors (Lipinski definition) is 1. The van der Waals surface area contributed by atoms with Crippen LogP contribution >= 0.6 is 0 Å². The van der Waals surface area contributed by atoms with E-state index in [-0.39, 0.29) is 5.91 Å². The van der Waals surface area contributed by atoms with Crippen LogP contribution in [0, 0.1) is 27.7 Å². The summed E-state index contributed by atoms with van der Waals surface area (Å²) in [4.78, 5) is 21.1. The maximum Gasteiger partial charge on any atom is 0.225 e.